The Bertz CT molecular complexity index is 1110. The number of hydrogen-bond donors (Lipinski definition) is 0. The predicted molar refractivity (Wildman–Crippen MR) is 120 cm³/mol. The van der Waals surface area contributed by atoms with Crippen molar-refractivity contribution < 1.29 is 9.47 Å². The van der Waals surface area contributed by atoms with Crippen LogP contribution < -0.4 is 9.64 Å². The van der Waals surface area contributed by atoms with E-state index in [-0.39, 0.29) is 16.8 Å². The van der Waals surface area contributed by atoms with Crippen LogP contribution >= 0.6 is 11.8 Å². The number of benzene rings is 1. The van der Waals surface area contributed by atoms with Crippen molar-refractivity contribution in [1.82, 2.24) is 19.5 Å². The molecule has 1 fully saturated rings. The topological polar surface area (TPSA) is 65.3 Å². The molecule has 4 heterocycles. The molecule has 2 aliphatic rings. The highest BCUT2D eigenvalue weighted by Gasteiger charge is 2.40. The lowest BCUT2D eigenvalue weighted by molar-refractivity contribution is 0.0482. The molecule has 158 valence electrons. The van der Waals surface area contributed by atoms with Crippen molar-refractivity contribution >= 4 is 28.6 Å². The summed E-state index contributed by atoms with van der Waals surface area (Å²) in [5.74, 6) is 3.17. The van der Waals surface area contributed by atoms with Crippen LogP contribution in [0.2, 0.25) is 0 Å². The smallest absolute Gasteiger partial charge is 0.238 e. The fourth-order valence-corrected chi connectivity index (χ4v) is 4.66. The van der Waals surface area contributed by atoms with Gasteiger partial charge >= 0.3 is 0 Å². The summed E-state index contributed by atoms with van der Waals surface area (Å²) in [6, 6.07) is 8.49. The summed E-state index contributed by atoms with van der Waals surface area (Å²) in [6.45, 7) is 10.5. The molecule has 0 N–H and O–H groups in total. The molecule has 2 aliphatic heterocycles. The first-order valence-corrected chi connectivity index (χ1v) is 11.5. The van der Waals surface area contributed by atoms with Crippen LogP contribution in [0.4, 0.5) is 5.82 Å². The molecular weight excluding hydrogens is 398 g/mol. The Morgan fingerprint density at radius 1 is 1.10 bits per heavy atom. The van der Waals surface area contributed by atoms with Gasteiger partial charge in [-0.15, -0.1) is 0 Å². The number of morpholine rings is 1. The van der Waals surface area contributed by atoms with E-state index in [9.17, 15) is 0 Å². The number of imidazole rings is 1. The Morgan fingerprint density at radius 2 is 1.90 bits per heavy atom. The standard InChI is InChI=1S/C22H27N5O2S/c1-13-10-28-11-15-12-29-18-19(22(3,4)30-5)24-21(25-20(18)26(13)15)27-14(2)23-16-8-6-7-9-17(16)27/h6-9,13,15H,10-12H2,1-5H3/t13-,15+/m1/s1. The largest absolute Gasteiger partial charge is 0.486 e. The summed E-state index contributed by atoms with van der Waals surface area (Å²) >= 11 is 1.76. The summed E-state index contributed by atoms with van der Waals surface area (Å²) < 4.78 is 13.9. The van der Waals surface area contributed by atoms with Crippen molar-refractivity contribution in [2.24, 2.45) is 0 Å². The van der Waals surface area contributed by atoms with E-state index in [4.69, 9.17) is 24.4 Å². The van der Waals surface area contributed by atoms with Gasteiger partial charge in [0.25, 0.3) is 0 Å². The second kappa shape index (κ2) is 7.13. The summed E-state index contributed by atoms with van der Waals surface area (Å²) in [6.07, 6.45) is 2.11. The molecule has 2 aromatic heterocycles. The van der Waals surface area contributed by atoms with Crippen LogP contribution in [0.1, 0.15) is 32.3 Å². The van der Waals surface area contributed by atoms with E-state index < -0.39 is 0 Å². The monoisotopic (exact) mass is 425 g/mol. The first-order valence-electron chi connectivity index (χ1n) is 10.3. The fraction of sp³-hybridized carbons (Fsp3) is 0.500. The molecule has 0 radical (unpaired) electrons. The van der Waals surface area contributed by atoms with Gasteiger partial charge in [-0.2, -0.15) is 16.7 Å². The average Bonchev–Trinajstić information content (AvgIpc) is 3.08. The molecule has 0 saturated carbocycles. The van der Waals surface area contributed by atoms with Gasteiger partial charge in [0.15, 0.2) is 11.6 Å². The fourth-order valence-electron chi connectivity index (χ4n) is 4.32. The van der Waals surface area contributed by atoms with E-state index in [1.165, 1.54) is 0 Å². The molecule has 0 aliphatic carbocycles. The average molecular weight is 426 g/mol. The van der Waals surface area contributed by atoms with E-state index in [2.05, 4.69) is 38.0 Å². The SMILES string of the molecule is CSC(C)(C)c1nc(-n2c(C)nc3ccccc32)nc2c1OC[C@@H]1COC[C@@H](C)N21. The maximum Gasteiger partial charge on any atom is 0.238 e. The molecular formula is C22H27N5O2S. The van der Waals surface area contributed by atoms with Crippen LogP contribution in [0.3, 0.4) is 0 Å². The predicted octanol–water partition coefficient (Wildman–Crippen LogP) is 3.71. The first-order chi connectivity index (χ1) is 14.4. The third-order valence-electron chi connectivity index (χ3n) is 6.05. The van der Waals surface area contributed by atoms with E-state index in [0.717, 1.165) is 34.1 Å². The highest BCUT2D eigenvalue weighted by Crippen LogP contribution is 2.45. The second-order valence-corrected chi connectivity index (χ2v) is 9.91. The van der Waals surface area contributed by atoms with Crippen molar-refractivity contribution in [2.75, 3.05) is 31.0 Å². The van der Waals surface area contributed by atoms with Crippen molar-refractivity contribution in [3.05, 3.63) is 35.8 Å². The lowest BCUT2D eigenvalue weighted by Crippen LogP contribution is -2.56. The van der Waals surface area contributed by atoms with Crippen molar-refractivity contribution in [1.29, 1.82) is 0 Å². The van der Waals surface area contributed by atoms with Crippen molar-refractivity contribution in [3.63, 3.8) is 0 Å². The van der Waals surface area contributed by atoms with Crippen LogP contribution in [0, 0.1) is 6.92 Å². The van der Waals surface area contributed by atoms with Gasteiger partial charge in [0, 0.05) is 0 Å². The van der Waals surface area contributed by atoms with Gasteiger partial charge in [-0.1, -0.05) is 12.1 Å². The third kappa shape index (κ3) is 2.96. The number of thioether (sulfide) groups is 1. The maximum atomic E-state index is 6.27. The number of para-hydroxylation sites is 2. The maximum absolute atomic E-state index is 6.27. The summed E-state index contributed by atoms with van der Waals surface area (Å²) in [5, 5.41) is 0. The summed E-state index contributed by atoms with van der Waals surface area (Å²) in [5.41, 5.74) is 2.87. The van der Waals surface area contributed by atoms with Gasteiger partial charge in [0.2, 0.25) is 5.95 Å². The van der Waals surface area contributed by atoms with Crippen LogP contribution in [0.25, 0.3) is 17.0 Å². The zero-order valence-electron chi connectivity index (χ0n) is 18.0. The number of rotatable bonds is 3. The number of nitrogens with zero attached hydrogens (tertiary/aromatic N) is 5. The first kappa shape index (κ1) is 19.6. The summed E-state index contributed by atoms with van der Waals surface area (Å²) in [4.78, 5) is 17.2. The Hall–Kier alpha value is -2.32. The molecule has 0 amide bonds. The van der Waals surface area contributed by atoms with Gasteiger partial charge in [-0.25, -0.2) is 9.97 Å². The van der Waals surface area contributed by atoms with Gasteiger partial charge in [-0.3, -0.25) is 4.57 Å². The number of aryl methyl sites for hydroxylation is 1. The molecule has 1 saturated heterocycles. The van der Waals surface area contributed by atoms with Crippen LogP contribution in [-0.2, 0) is 9.48 Å². The molecule has 0 bridgehead atoms. The minimum Gasteiger partial charge on any atom is -0.486 e. The van der Waals surface area contributed by atoms with Gasteiger partial charge < -0.3 is 14.4 Å². The Balaban J connectivity index is 1.78. The molecule has 8 heteroatoms. The Morgan fingerprint density at radius 3 is 2.70 bits per heavy atom. The van der Waals surface area contributed by atoms with E-state index in [1.54, 1.807) is 11.8 Å². The van der Waals surface area contributed by atoms with Crippen molar-refractivity contribution in [3.8, 4) is 11.7 Å². The molecule has 0 spiro atoms. The van der Waals surface area contributed by atoms with Gasteiger partial charge in [-0.05, 0) is 46.1 Å². The molecule has 30 heavy (non-hydrogen) atoms. The van der Waals surface area contributed by atoms with Gasteiger partial charge in [0.05, 0.1) is 41.1 Å². The minimum atomic E-state index is -0.228. The normalized spacial score (nSPS) is 21.3. The Kier molecular flexibility index (Phi) is 4.67. The molecule has 5 rings (SSSR count). The third-order valence-corrected chi connectivity index (χ3v) is 7.26. The molecule has 7 nitrogen and oxygen atoms in total. The quantitative estimate of drug-likeness (QED) is 0.634. The zero-order valence-corrected chi connectivity index (χ0v) is 18.9. The van der Waals surface area contributed by atoms with E-state index in [0.29, 0.717) is 25.8 Å². The lowest BCUT2D eigenvalue weighted by atomic mass is 10.0. The minimum absolute atomic E-state index is 0.162. The van der Waals surface area contributed by atoms with Crippen LogP contribution in [0.5, 0.6) is 5.75 Å². The highest BCUT2D eigenvalue weighted by molar-refractivity contribution is 7.99. The number of aromatic nitrogens is 4. The van der Waals surface area contributed by atoms with Crippen LogP contribution in [0.15, 0.2) is 24.3 Å². The molecule has 3 aromatic rings. The number of ether oxygens (including phenoxy) is 2. The lowest BCUT2D eigenvalue weighted by Gasteiger charge is -2.45. The second-order valence-electron chi connectivity index (χ2n) is 8.48. The molecule has 1 aromatic carbocycles. The van der Waals surface area contributed by atoms with Crippen LogP contribution in [-0.4, -0.2) is 57.7 Å². The number of hydrogen-bond acceptors (Lipinski definition) is 7. The number of anilines is 1. The van der Waals surface area contributed by atoms with E-state index >= 15 is 0 Å². The van der Waals surface area contributed by atoms with Crippen molar-refractivity contribution in [2.45, 2.75) is 44.5 Å². The van der Waals surface area contributed by atoms with E-state index in [1.807, 2.05) is 29.7 Å². The summed E-state index contributed by atoms with van der Waals surface area (Å²) in [7, 11) is 0. The van der Waals surface area contributed by atoms with Gasteiger partial charge in [0.1, 0.15) is 18.1 Å². The highest BCUT2D eigenvalue weighted by atomic mass is 32.2. The zero-order chi connectivity index (χ0) is 21.0. The molecule has 0 unspecified atom stereocenters. The molecule has 2 atom stereocenters. The Labute approximate surface area is 180 Å². The number of fused-ring (bicyclic) bond motifs is 4.